The number of carbonyl (C=O) groups is 1. The van der Waals surface area contributed by atoms with Crippen LogP contribution < -0.4 is 21.6 Å². The third-order valence-electron chi connectivity index (χ3n) is 4.82. The van der Waals surface area contributed by atoms with Gasteiger partial charge in [0, 0.05) is 19.2 Å². The van der Waals surface area contributed by atoms with Crippen LogP contribution >= 0.6 is 34.5 Å². The number of allylic oxidation sites excluding steroid dienone is 1. The van der Waals surface area contributed by atoms with Crippen molar-refractivity contribution in [2.45, 2.75) is 23.2 Å². The van der Waals surface area contributed by atoms with E-state index in [0.29, 0.717) is 28.4 Å². The number of amides is 2. The number of rotatable bonds is 5. The lowest BCUT2D eigenvalue weighted by Crippen LogP contribution is -2.40. The van der Waals surface area contributed by atoms with Gasteiger partial charge in [-0.15, -0.1) is 4.72 Å². The topological polar surface area (TPSA) is 119 Å². The standard InChI is InChI=1S/C20H20Cl2F3N5O2S2/c21-14-10-15(33-18(14)22)34(32)29-19(31)28-8-7-12-2-1-9-30(27)17(12)16(26)11-3-5-13(6-4-11)20(23,24)25/h3-7,10H,1-2,8-9,26-27H2,(H2,28,29,31)/b12-7+,17-16?. The van der Waals surface area contributed by atoms with Gasteiger partial charge < -0.3 is 20.6 Å². The molecule has 1 saturated heterocycles. The van der Waals surface area contributed by atoms with Gasteiger partial charge in [-0.3, -0.25) is 0 Å². The van der Waals surface area contributed by atoms with Crippen molar-refractivity contribution >= 4 is 57.6 Å². The lowest BCUT2D eigenvalue weighted by Gasteiger charge is -2.31. The highest BCUT2D eigenvalue weighted by molar-refractivity contribution is 7.92. The van der Waals surface area contributed by atoms with Gasteiger partial charge in [0.1, 0.15) is 15.7 Å². The average Bonchev–Trinajstić information content (AvgIpc) is 3.11. The number of nitrogens with two attached hydrogens (primary N) is 2. The average molecular weight is 554 g/mol. The summed E-state index contributed by atoms with van der Waals surface area (Å²) in [7, 11) is 0. The van der Waals surface area contributed by atoms with Crippen molar-refractivity contribution in [3.63, 3.8) is 0 Å². The second kappa shape index (κ2) is 11.1. The number of hydrogen-bond donors (Lipinski definition) is 4. The molecule has 3 rings (SSSR count). The van der Waals surface area contributed by atoms with E-state index in [9.17, 15) is 22.5 Å². The third-order valence-corrected chi connectivity index (χ3v) is 8.03. The summed E-state index contributed by atoms with van der Waals surface area (Å²) in [6.07, 6.45) is -1.42. The van der Waals surface area contributed by atoms with Crippen LogP contribution in [0.4, 0.5) is 18.0 Å². The van der Waals surface area contributed by atoms with Crippen molar-refractivity contribution in [2.75, 3.05) is 13.1 Å². The molecule has 0 bridgehead atoms. The first kappa shape index (κ1) is 26.5. The number of nitrogens with zero attached hydrogens (tertiary/aromatic N) is 1. The van der Waals surface area contributed by atoms with Crippen molar-refractivity contribution < 1.29 is 22.5 Å². The molecular weight excluding hydrogens is 534 g/mol. The van der Waals surface area contributed by atoms with Crippen molar-refractivity contribution in [3.8, 4) is 0 Å². The molecule has 184 valence electrons. The molecule has 1 aromatic carbocycles. The zero-order valence-corrected chi connectivity index (χ0v) is 20.6. The molecule has 1 aliphatic heterocycles. The van der Waals surface area contributed by atoms with Gasteiger partial charge in [0.15, 0.2) is 0 Å². The van der Waals surface area contributed by atoms with Gasteiger partial charge in [-0.05, 0) is 36.1 Å². The summed E-state index contributed by atoms with van der Waals surface area (Å²) in [5.41, 5.74) is 7.29. The summed E-state index contributed by atoms with van der Waals surface area (Å²) in [6.45, 7) is 0.578. The smallest absolute Gasteiger partial charge is 0.416 e. The summed E-state index contributed by atoms with van der Waals surface area (Å²) >= 11 is 10.8. The molecule has 0 aliphatic carbocycles. The van der Waals surface area contributed by atoms with Crippen molar-refractivity contribution in [3.05, 3.63) is 68.2 Å². The quantitative estimate of drug-likeness (QED) is 0.318. The predicted molar refractivity (Wildman–Crippen MR) is 128 cm³/mol. The molecule has 1 unspecified atom stereocenters. The van der Waals surface area contributed by atoms with E-state index in [1.807, 2.05) is 0 Å². The molecule has 1 fully saturated rings. The van der Waals surface area contributed by atoms with E-state index in [4.69, 9.17) is 34.8 Å². The largest absolute Gasteiger partial charge is 0.587 e. The maximum absolute atomic E-state index is 12.8. The number of thiophene rings is 1. The van der Waals surface area contributed by atoms with Gasteiger partial charge in [-0.1, -0.05) is 52.7 Å². The highest BCUT2D eigenvalue weighted by Gasteiger charge is 2.30. The molecule has 0 saturated carbocycles. The Morgan fingerprint density at radius 2 is 1.97 bits per heavy atom. The van der Waals surface area contributed by atoms with Crippen LogP contribution in [-0.4, -0.2) is 28.7 Å². The van der Waals surface area contributed by atoms with Crippen LogP contribution in [0.1, 0.15) is 24.0 Å². The Bertz CT molecular complexity index is 1090. The van der Waals surface area contributed by atoms with Crippen molar-refractivity contribution in [1.29, 1.82) is 0 Å². The normalized spacial score (nSPS) is 18.1. The highest BCUT2D eigenvalue weighted by atomic mass is 35.5. The van der Waals surface area contributed by atoms with Gasteiger partial charge in [0.05, 0.1) is 22.0 Å². The van der Waals surface area contributed by atoms with E-state index >= 15 is 0 Å². The fourth-order valence-electron chi connectivity index (χ4n) is 3.21. The molecule has 2 amide bonds. The number of carbonyl (C=O) groups excluding carboxylic acids is 1. The number of benzene rings is 1. The molecule has 34 heavy (non-hydrogen) atoms. The number of piperidine rings is 1. The second-order valence-corrected chi connectivity index (χ2v) is 10.6. The molecular formula is C20H20Cl2F3N5O2S2. The zero-order chi connectivity index (χ0) is 25.0. The maximum atomic E-state index is 12.8. The minimum Gasteiger partial charge on any atom is -0.587 e. The molecule has 2 aromatic rings. The minimum atomic E-state index is -4.45. The molecule has 1 aliphatic rings. The Labute approximate surface area is 210 Å². The Hall–Kier alpha value is -2.09. The molecule has 1 atom stereocenters. The second-order valence-electron chi connectivity index (χ2n) is 7.13. The lowest BCUT2D eigenvalue weighted by atomic mass is 9.97. The molecule has 2 heterocycles. The third kappa shape index (κ3) is 6.52. The monoisotopic (exact) mass is 553 g/mol. The van der Waals surface area contributed by atoms with Crippen LogP contribution in [0.15, 0.2) is 51.9 Å². The Kier molecular flexibility index (Phi) is 8.66. The first-order chi connectivity index (χ1) is 16.0. The van der Waals surface area contributed by atoms with Gasteiger partial charge in [0.25, 0.3) is 0 Å². The van der Waals surface area contributed by atoms with Crippen LogP contribution in [0.3, 0.4) is 0 Å². The van der Waals surface area contributed by atoms with Crippen LogP contribution in [0.25, 0.3) is 5.70 Å². The van der Waals surface area contributed by atoms with E-state index in [-0.39, 0.29) is 21.6 Å². The molecule has 0 spiro atoms. The van der Waals surface area contributed by atoms with E-state index < -0.39 is 29.1 Å². The highest BCUT2D eigenvalue weighted by Crippen LogP contribution is 2.34. The van der Waals surface area contributed by atoms with Crippen molar-refractivity contribution in [2.24, 2.45) is 11.6 Å². The van der Waals surface area contributed by atoms with Crippen LogP contribution in [-0.2, 0) is 17.5 Å². The summed E-state index contributed by atoms with van der Waals surface area (Å²) in [5.74, 6) is 6.10. The van der Waals surface area contributed by atoms with Crippen LogP contribution in [0.2, 0.25) is 9.36 Å². The Morgan fingerprint density at radius 3 is 2.56 bits per heavy atom. The molecule has 6 N–H and O–H groups in total. The fraction of sp³-hybridized carbons (Fsp3) is 0.250. The summed E-state index contributed by atoms with van der Waals surface area (Å²) < 4.78 is 53.6. The zero-order valence-electron chi connectivity index (χ0n) is 17.4. The summed E-state index contributed by atoms with van der Waals surface area (Å²) in [6, 6.07) is 5.21. The van der Waals surface area contributed by atoms with E-state index in [1.54, 1.807) is 6.08 Å². The molecule has 1 aromatic heterocycles. The number of halogens is 5. The van der Waals surface area contributed by atoms with Gasteiger partial charge >= 0.3 is 12.2 Å². The van der Waals surface area contributed by atoms with E-state index in [1.165, 1.54) is 23.2 Å². The number of nitrogens with one attached hydrogen (secondary N) is 2. The van der Waals surface area contributed by atoms with Gasteiger partial charge in [-0.2, -0.15) is 13.2 Å². The summed E-state index contributed by atoms with van der Waals surface area (Å²) in [4.78, 5) is 12.1. The Morgan fingerprint density at radius 1 is 1.29 bits per heavy atom. The van der Waals surface area contributed by atoms with E-state index in [0.717, 1.165) is 35.5 Å². The molecule has 7 nitrogen and oxygen atoms in total. The van der Waals surface area contributed by atoms with Gasteiger partial charge in [0.2, 0.25) is 4.21 Å². The summed E-state index contributed by atoms with van der Waals surface area (Å²) in [5, 5.41) is 4.24. The Balaban J connectivity index is 1.70. The first-order valence-corrected chi connectivity index (χ1v) is 12.5. The predicted octanol–water partition coefficient (Wildman–Crippen LogP) is 4.62. The molecule has 14 heteroatoms. The number of hydrogen-bond acceptors (Lipinski definition) is 6. The number of hydrazine groups is 1. The van der Waals surface area contributed by atoms with Crippen LogP contribution in [0, 0.1) is 0 Å². The van der Waals surface area contributed by atoms with Crippen molar-refractivity contribution in [1.82, 2.24) is 15.0 Å². The minimum absolute atomic E-state index is 0.0714. The van der Waals surface area contributed by atoms with Crippen LogP contribution in [0.5, 0.6) is 0 Å². The van der Waals surface area contributed by atoms with E-state index in [2.05, 4.69) is 10.0 Å². The maximum Gasteiger partial charge on any atom is 0.416 e. The fourth-order valence-corrected chi connectivity index (χ4v) is 5.76. The SMILES string of the molecule is NC(=C1/C(=C/CNC(=O)N[S+]([O-])c2cc(Cl)c(Cl)s2)CCCN1N)c1ccc(C(F)(F)F)cc1. The number of alkyl halides is 3. The number of urea groups is 1. The first-order valence-electron chi connectivity index (χ1n) is 9.77. The van der Waals surface area contributed by atoms with Gasteiger partial charge in [-0.25, -0.2) is 10.6 Å². The molecule has 0 radical (unpaired) electrons. The lowest BCUT2D eigenvalue weighted by molar-refractivity contribution is -0.137.